The van der Waals surface area contributed by atoms with Crippen molar-refractivity contribution in [3.63, 3.8) is 0 Å². The molecule has 18 heavy (non-hydrogen) atoms. The Labute approximate surface area is 105 Å². The molecule has 1 N–H and O–H groups in total. The van der Waals surface area contributed by atoms with Gasteiger partial charge in [-0.3, -0.25) is 18.8 Å². The van der Waals surface area contributed by atoms with E-state index < -0.39 is 5.60 Å². The summed E-state index contributed by atoms with van der Waals surface area (Å²) in [7, 11) is 3.13. The normalized spacial score (nSPS) is 24.7. The van der Waals surface area contributed by atoms with Gasteiger partial charge in [0.1, 0.15) is 0 Å². The number of hydrogen-bond donors (Lipinski definition) is 1. The summed E-state index contributed by atoms with van der Waals surface area (Å²) in [5, 5.41) is 9.89. The Morgan fingerprint density at radius 1 is 1.33 bits per heavy atom. The molecule has 0 spiro atoms. The van der Waals surface area contributed by atoms with Crippen LogP contribution in [0.1, 0.15) is 19.0 Å². The standard InChI is InChI=1S/C12H19N3O3/c1-12(18)4-5-15(8-12)7-9-6-10(16)14(3)11(17)13(9)2/h6,18H,4-5,7-8H2,1-3H3. The molecule has 0 aromatic carbocycles. The van der Waals surface area contributed by atoms with E-state index in [2.05, 4.69) is 0 Å². The first-order valence-corrected chi connectivity index (χ1v) is 6.01. The molecule has 1 atom stereocenters. The summed E-state index contributed by atoms with van der Waals surface area (Å²) in [6, 6.07) is 1.48. The highest BCUT2D eigenvalue weighted by molar-refractivity contribution is 5.03. The molecule has 100 valence electrons. The summed E-state index contributed by atoms with van der Waals surface area (Å²) in [5.74, 6) is 0. The number of β-amino-alcohol motifs (C(OH)–C–C–N with tert-alkyl or cyclic N) is 1. The van der Waals surface area contributed by atoms with Crippen LogP contribution in [0.15, 0.2) is 15.7 Å². The van der Waals surface area contributed by atoms with Crippen molar-refractivity contribution in [1.29, 1.82) is 0 Å². The Morgan fingerprint density at radius 3 is 2.56 bits per heavy atom. The minimum Gasteiger partial charge on any atom is -0.389 e. The van der Waals surface area contributed by atoms with Gasteiger partial charge < -0.3 is 5.11 Å². The second kappa shape index (κ2) is 4.37. The zero-order chi connectivity index (χ0) is 13.5. The second-order valence-corrected chi connectivity index (χ2v) is 5.33. The molecule has 6 nitrogen and oxygen atoms in total. The van der Waals surface area contributed by atoms with Crippen molar-refractivity contribution >= 4 is 0 Å². The van der Waals surface area contributed by atoms with E-state index in [1.54, 1.807) is 14.0 Å². The molecule has 1 fully saturated rings. The Hall–Kier alpha value is -1.40. The quantitative estimate of drug-likeness (QED) is 0.737. The van der Waals surface area contributed by atoms with Gasteiger partial charge in [0.2, 0.25) is 0 Å². The number of hydrogen-bond acceptors (Lipinski definition) is 4. The Kier molecular flexibility index (Phi) is 3.16. The van der Waals surface area contributed by atoms with Crippen LogP contribution >= 0.6 is 0 Å². The fourth-order valence-electron chi connectivity index (χ4n) is 2.33. The summed E-state index contributed by atoms with van der Waals surface area (Å²) in [4.78, 5) is 25.4. The zero-order valence-electron chi connectivity index (χ0n) is 11.0. The number of rotatable bonds is 2. The number of nitrogens with zero attached hydrogens (tertiary/aromatic N) is 3. The predicted octanol–water partition coefficient (Wildman–Crippen LogP) is -0.959. The lowest BCUT2D eigenvalue weighted by molar-refractivity contribution is 0.0675. The minimum atomic E-state index is -0.668. The van der Waals surface area contributed by atoms with E-state index in [0.717, 1.165) is 11.1 Å². The fraction of sp³-hybridized carbons (Fsp3) is 0.667. The third-order valence-electron chi connectivity index (χ3n) is 3.54. The highest BCUT2D eigenvalue weighted by Gasteiger charge is 2.31. The maximum absolute atomic E-state index is 11.8. The lowest BCUT2D eigenvalue weighted by Gasteiger charge is -2.20. The molecule has 1 aliphatic heterocycles. The highest BCUT2D eigenvalue weighted by atomic mass is 16.3. The van der Waals surface area contributed by atoms with Crippen molar-refractivity contribution in [3.8, 4) is 0 Å². The number of likely N-dealkylation sites (tertiary alicyclic amines) is 1. The Balaban J connectivity index is 2.26. The Bertz CT molecular complexity index is 571. The van der Waals surface area contributed by atoms with E-state index in [4.69, 9.17) is 0 Å². The van der Waals surface area contributed by atoms with Crippen LogP contribution in [0.2, 0.25) is 0 Å². The third-order valence-corrected chi connectivity index (χ3v) is 3.54. The van der Waals surface area contributed by atoms with Crippen LogP contribution in [0.3, 0.4) is 0 Å². The molecular formula is C12H19N3O3. The molecule has 1 unspecified atom stereocenters. The molecule has 0 saturated carbocycles. The molecule has 0 aliphatic carbocycles. The van der Waals surface area contributed by atoms with E-state index in [1.165, 1.54) is 17.7 Å². The zero-order valence-corrected chi connectivity index (χ0v) is 11.0. The molecule has 6 heteroatoms. The molecule has 2 heterocycles. The van der Waals surface area contributed by atoms with Gasteiger partial charge in [0.15, 0.2) is 0 Å². The van der Waals surface area contributed by atoms with Gasteiger partial charge in [-0.25, -0.2) is 4.79 Å². The van der Waals surface area contributed by atoms with Crippen molar-refractivity contribution in [2.24, 2.45) is 14.1 Å². The van der Waals surface area contributed by atoms with Crippen LogP contribution in [-0.2, 0) is 20.6 Å². The molecule has 0 amide bonds. The first-order chi connectivity index (χ1) is 8.30. The Morgan fingerprint density at radius 2 is 2.00 bits per heavy atom. The molecule has 1 aromatic rings. The third kappa shape index (κ3) is 2.39. The van der Waals surface area contributed by atoms with Gasteiger partial charge in [-0.2, -0.15) is 0 Å². The minimum absolute atomic E-state index is 0.293. The average Bonchev–Trinajstić information content (AvgIpc) is 2.63. The summed E-state index contributed by atoms with van der Waals surface area (Å²) in [6.07, 6.45) is 0.714. The molecule has 0 bridgehead atoms. The van der Waals surface area contributed by atoms with Gasteiger partial charge in [-0.1, -0.05) is 0 Å². The van der Waals surface area contributed by atoms with Crippen molar-refractivity contribution in [2.45, 2.75) is 25.5 Å². The molecule has 1 aromatic heterocycles. The predicted molar refractivity (Wildman–Crippen MR) is 67.4 cm³/mol. The van der Waals surface area contributed by atoms with E-state index in [9.17, 15) is 14.7 Å². The lowest BCUT2D eigenvalue weighted by Crippen LogP contribution is -2.39. The maximum atomic E-state index is 11.8. The van der Waals surface area contributed by atoms with E-state index in [1.807, 2.05) is 4.90 Å². The molecular weight excluding hydrogens is 234 g/mol. The van der Waals surface area contributed by atoms with Gasteiger partial charge in [-0.15, -0.1) is 0 Å². The summed E-state index contributed by atoms with van der Waals surface area (Å²) >= 11 is 0. The second-order valence-electron chi connectivity index (χ2n) is 5.33. The molecule has 0 radical (unpaired) electrons. The van der Waals surface area contributed by atoms with Crippen LogP contribution in [-0.4, -0.2) is 37.8 Å². The van der Waals surface area contributed by atoms with Gasteiger partial charge in [-0.05, 0) is 13.3 Å². The van der Waals surface area contributed by atoms with E-state index in [0.29, 0.717) is 25.2 Å². The fourth-order valence-corrected chi connectivity index (χ4v) is 2.33. The van der Waals surface area contributed by atoms with E-state index >= 15 is 0 Å². The van der Waals surface area contributed by atoms with Crippen molar-refractivity contribution in [1.82, 2.24) is 14.0 Å². The van der Waals surface area contributed by atoms with Crippen LogP contribution in [0.5, 0.6) is 0 Å². The van der Waals surface area contributed by atoms with Gasteiger partial charge in [0, 0.05) is 45.5 Å². The topological polar surface area (TPSA) is 67.5 Å². The maximum Gasteiger partial charge on any atom is 0.330 e. The smallest absolute Gasteiger partial charge is 0.330 e. The molecule has 1 aliphatic rings. The van der Waals surface area contributed by atoms with Gasteiger partial charge in [0.05, 0.1) is 5.60 Å². The summed E-state index contributed by atoms with van der Waals surface area (Å²) in [6.45, 7) is 3.65. The first-order valence-electron chi connectivity index (χ1n) is 6.01. The summed E-state index contributed by atoms with van der Waals surface area (Å²) < 4.78 is 2.57. The van der Waals surface area contributed by atoms with Crippen LogP contribution in [0.4, 0.5) is 0 Å². The summed E-state index contributed by atoms with van der Waals surface area (Å²) in [5.41, 5.74) is -0.596. The van der Waals surface area contributed by atoms with Crippen LogP contribution < -0.4 is 11.2 Å². The highest BCUT2D eigenvalue weighted by Crippen LogP contribution is 2.21. The molecule has 2 rings (SSSR count). The monoisotopic (exact) mass is 253 g/mol. The SMILES string of the molecule is Cn1c(CN2CCC(C)(O)C2)cc(=O)n(C)c1=O. The largest absolute Gasteiger partial charge is 0.389 e. The lowest BCUT2D eigenvalue weighted by atomic mass is 10.1. The van der Waals surface area contributed by atoms with Crippen LogP contribution in [0, 0.1) is 0 Å². The van der Waals surface area contributed by atoms with Crippen molar-refractivity contribution in [3.05, 3.63) is 32.6 Å². The number of aromatic nitrogens is 2. The van der Waals surface area contributed by atoms with Gasteiger partial charge >= 0.3 is 5.69 Å². The average molecular weight is 253 g/mol. The van der Waals surface area contributed by atoms with E-state index in [-0.39, 0.29) is 11.2 Å². The van der Waals surface area contributed by atoms with Crippen molar-refractivity contribution in [2.75, 3.05) is 13.1 Å². The van der Waals surface area contributed by atoms with Gasteiger partial charge in [0.25, 0.3) is 5.56 Å². The first kappa shape index (κ1) is 13.0. The van der Waals surface area contributed by atoms with Crippen molar-refractivity contribution < 1.29 is 5.11 Å². The molecule has 1 saturated heterocycles. The van der Waals surface area contributed by atoms with Crippen LogP contribution in [0.25, 0.3) is 0 Å². The number of aliphatic hydroxyl groups is 1.